The third-order valence-corrected chi connectivity index (χ3v) is 5.92. The lowest BCUT2D eigenvalue weighted by molar-refractivity contribution is -0.141. The van der Waals surface area contributed by atoms with Crippen LogP contribution < -0.4 is 0 Å². The number of hydrogen-bond donors (Lipinski definition) is 1. The van der Waals surface area contributed by atoms with Gasteiger partial charge in [-0.3, -0.25) is 4.79 Å². The molecule has 0 radical (unpaired) electrons. The summed E-state index contributed by atoms with van der Waals surface area (Å²) in [6.07, 6.45) is 8.71. The average Bonchev–Trinajstić information content (AvgIpc) is 2.81. The molecule has 3 heteroatoms. The zero-order valence-corrected chi connectivity index (χ0v) is 13.0. The number of hydrogen-bond acceptors (Lipinski definition) is 3. The van der Waals surface area contributed by atoms with Crippen LogP contribution in [0.4, 0.5) is 0 Å². The molecule has 1 N–H and O–H groups in total. The van der Waals surface area contributed by atoms with Crippen molar-refractivity contribution >= 4 is 5.97 Å². The number of aliphatic hydroxyl groups excluding tert-OH is 1. The lowest BCUT2D eigenvalue weighted by Crippen LogP contribution is -2.36. The number of carbonyl (C=O) groups is 1. The number of ether oxygens (including phenoxy) is 1. The summed E-state index contributed by atoms with van der Waals surface area (Å²) in [6.45, 7) is 4.67. The minimum atomic E-state index is -0.101. The molecule has 0 saturated heterocycles. The summed E-state index contributed by atoms with van der Waals surface area (Å²) >= 11 is 0. The quantitative estimate of drug-likeness (QED) is 0.619. The van der Waals surface area contributed by atoms with Gasteiger partial charge in [0.2, 0.25) is 0 Å². The predicted molar refractivity (Wildman–Crippen MR) is 79.3 cm³/mol. The minimum Gasteiger partial charge on any atom is -0.516 e. The van der Waals surface area contributed by atoms with Crippen molar-refractivity contribution in [3.63, 3.8) is 0 Å². The summed E-state index contributed by atoms with van der Waals surface area (Å²) in [5.41, 5.74) is 1.56. The van der Waals surface area contributed by atoms with Crippen LogP contribution in [0.2, 0.25) is 0 Å². The molecule has 0 bridgehead atoms. The summed E-state index contributed by atoms with van der Waals surface area (Å²) in [7, 11) is 1.46. The molecular weight excluding hydrogens is 252 g/mol. The highest BCUT2D eigenvalue weighted by Gasteiger charge is 2.50. The zero-order valence-electron chi connectivity index (χ0n) is 13.0. The average molecular weight is 280 g/mol. The van der Waals surface area contributed by atoms with E-state index in [1.54, 1.807) is 0 Å². The lowest BCUT2D eigenvalue weighted by Gasteiger charge is -2.44. The third-order valence-electron chi connectivity index (χ3n) is 5.92. The molecule has 0 heterocycles. The van der Waals surface area contributed by atoms with E-state index in [2.05, 4.69) is 13.8 Å². The Kier molecular flexibility index (Phi) is 4.77. The molecule has 0 spiro atoms. The number of carbonyl (C=O) groups excluding carboxylic acids is 1. The summed E-state index contributed by atoms with van der Waals surface area (Å²) < 4.78 is 4.75. The smallest absolute Gasteiger partial charge is 0.305 e. The SMILES string of the molecule is COC(=O)CCC(C)C1CCC2/C(=C/O)CCC[C@@]21C. The van der Waals surface area contributed by atoms with Crippen molar-refractivity contribution in [1.29, 1.82) is 0 Å². The van der Waals surface area contributed by atoms with E-state index in [0.29, 0.717) is 29.6 Å². The van der Waals surface area contributed by atoms with Crippen molar-refractivity contribution in [2.75, 3.05) is 7.11 Å². The molecule has 20 heavy (non-hydrogen) atoms. The van der Waals surface area contributed by atoms with E-state index in [0.717, 1.165) is 12.8 Å². The molecule has 0 aromatic carbocycles. The molecule has 2 fully saturated rings. The standard InChI is InChI=1S/C17H28O3/c1-12(6-9-16(19)20-3)14-7-8-15-13(11-18)5-4-10-17(14,15)2/h11-12,14-15,18H,4-10H2,1-3H3/b13-11+/t12?,14?,15?,17-/m1/s1. The number of methoxy groups -OCH3 is 1. The number of allylic oxidation sites excluding steroid dienone is 1. The fraction of sp³-hybridized carbons (Fsp3) is 0.824. The van der Waals surface area contributed by atoms with E-state index in [1.807, 2.05) is 0 Å². The first kappa shape index (κ1) is 15.4. The fourth-order valence-corrected chi connectivity index (χ4v) is 4.82. The van der Waals surface area contributed by atoms with Crippen LogP contribution in [0.3, 0.4) is 0 Å². The van der Waals surface area contributed by atoms with Gasteiger partial charge in [-0.05, 0) is 67.3 Å². The Morgan fingerprint density at radius 2 is 2.30 bits per heavy atom. The second kappa shape index (κ2) is 6.19. The Morgan fingerprint density at radius 3 is 2.95 bits per heavy atom. The van der Waals surface area contributed by atoms with Gasteiger partial charge in [0.05, 0.1) is 13.4 Å². The summed E-state index contributed by atoms with van der Waals surface area (Å²) in [5, 5.41) is 9.46. The molecule has 2 rings (SSSR count). The van der Waals surface area contributed by atoms with Crippen LogP contribution >= 0.6 is 0 Å². The molecule has 2 aliphatic carbocycles. The van der Waals surface area contributed by atoms with Crippen molar-refractivity contribution in [2.45, 2.75) is 58.8 Å². The van der Waals surface area contributed by atoms with Crippen LogP contribution in [0, 0.1) is 23.2 Å². The fourth-order valence-electron chi connectivity index (χ4n) is 4.82. The first-order valence-electron chi connectivity index (χ1n) is 7.93. The van der Waals surface area contributed by atoms with Gasteiger partial charge >= 0.3 is 5.97 Å². The monoisotopic (exact) mass is 280 g/mol. The van der Waals surface area contributed by atoms with Gasteiger partial charge in [-0.25, -0.2) is 0 Å². The molecule has 0 amide bonds. The van der Waals surface area contributed by atoms with Crippen molar-refractivity contribution in [1.82, 2.24) is 0 Å². The first-order chi connectivity index (χ1) is 9.52. The van der Waals surface area contributed by atoms with Crippen LogP contribution in [-0.4, -0.2) is 18.2 Å². The lowest BCUT2D eigenvalue weighted by atomic mass is 9.61. The van der Waals surface area contributed by atoms with E-state index >= 15 is 0 Å². The molecule has 4 atom stereocenters. The molecule has 0 aliphatic heterocycles. The topological polar surface area (TPSA) is 46.5 Å². The van der Waals surface area contributed by atoms with Gasteiger partial charge in [-0.1, -0.05) is 13.8 Å². The normalized spacial score (nSPS) is 36.6. The number of esters is 1. The van der Waals surface area contributed by atoms with Gasteiger partial charge in [0, 0.05) is 6.42 Å². The van der Waals surface area contributed by atoms with Crippen LogP contribution in [0.1, 0.15) is 58.8 Å². The highest BCUT2D eigenvalue weighted by Crippen LogP contribution is 2.59. The van der Waals surface area contributed by atoms with Gasteiger partial charge in [-0.15, -0.1) is 0 Å². The highest BCUT2D eigenvalue weighted by atomic mass is 16.5. The van der Waals surface area contributed by atoms with E-state index < -0.39 is 0 Å². The van der Waals surface area contributed by atoms with Gasteiger partial charge in [0.1, 0.15) is 0 Å². The van der Waals surface area contributed by atoms with E-state index in [1.165, 1.54) is 44.6 Å². The Labute approximate surface area is 122 Å². The van der Waals surface area contributed by atoms with Gasteiger partial charge in [0.25, 0.3) is 0 Å². The molecule has 2 aliphatic rings. The molecular formula is C17H28O3. The Hall–Kier alpha value is -0.990. The molecule has 3 nitrogen and oxygen atoms in total. The maximum absolute atomic E-state index is 11.3. The second-order valence-corrected chi connectivity index (χ2v) is 6.89. The first-order valence-corrected chi connectivity index (χ1v) is 7.93. The summed E-state index contributed by atoms with van der Waals surface area (Å²) in [6, 6.07) is 0. The maximum Gasteiger partial charge on any atom is 0.305 e. The third kappa shape index (κ3) is 2.72. The van der Waals surface area contributed by atoms with Gasteiger partial charge < -0.3 is 9.84 Å². The maximum atomic E-state index is 11.3. The van der Waals surface area contributed by atoms with Gasteiger partial charge in [-0.2, -0.15) is 0 Å². The summed E-state index contributed by atoms with van der Waals surface area (Å²) in [4.78, 5) is 11.3. The van der Waals surface area contributed by atoms with E-state index in [-0.39, 0.29) is 5.97 Å². The van der Waals surface area contributed by atoms with Crippen LogP contribution in [0.5, 0.6) is 0 Å². The summed E-state index contributed by atoms with van der Waals surface area (Å²) in [5.74, 6) is 1.65. The molecule has 0 aromatic rings. The van der Waals surface area contributed by atoms with Crippen molar-refractivity contribution in [2.24, 2.45) is 23.2 Å². The Bertz CT molecular complexity index is 388. The van der Waals surface area contributed by atoms with Crippen LogP contribution in [0.15, 0.2) is 11.8 Å². The molecule has 0 aromatic heterocycles. The van der Waals surface area contributed by atoms with Crippen molar-refractivity contribution in [3.8, 4) is 0 Å². The number of aliphatic hydroxyl groups is 1. The molecule has 114 valence electrons. The largest absolute Gasteiger partial charge is 0.516 e. The Balaban J connectivity index is 2.04. The second-order valence-electron chi connectivity index (χ2n) is 6.89. The van der Waals surface area contributed by atoms with E-state index in [9.17, 15) is 9.90 Å². The number of rotatable bonds is 4. The zero-order chi connectivity index (χ0) is 14.8. The van der Waals surface area contributed by atoms with E-state index in [4.69, 9.17) is 4.74 Å². The molecule has 2 saturated carbocycles. The van der Waals surface area contributed by atoms with Crippen molar-refractivity contribution in [3.05, 3.63) is 11.8 Å². The van der Waals surface area contributed by atoms with Crippen molar-refractivity contribution < 1.29 is 14.6 Å². The number of fused-ring (bicyclic) bond motifs is 1. The Morgan fingerprint density at radius 1 is 1.55 bits per heavy atom. The van der Waals surface area contributed by atoms with Crippen LogP contribution in [0.25, 0.3) is 0 Å². The minimum absolute atomic E-state index is 0.101. The van der Waals surface area contributed by atoms with Gasteiger partial charge in [0.15, 0.2) is 0 Å². The predicted octanol–water partition coefficient (Wildman–Crippen LogP) is 4.23. The van der Waals surface area contributed by atoms with Crippen LogP contribution in [-0.2, 0) is 9.53 Å². The molecule has 3 unspecified atom stereocenters. The highest BCUT2D eigenvalue weighted by molar-refractivity contribution is 5.69.